The first-order valence-electron chi connectivity index (χ1n) is 3.92. The molecule has 0 radical (unpaired) electrons. The molecule has 1 aliphatic rings. The van der Waals surface area contributed by atoms with Gasteiger partial charge in [0.1, 0.15) is 0 Å². The lowest BCUT2D eigenvalue weighted by Gasteiger charge is -2.27. The Bertz CT molecular complexity index is 104. The van der Waals surface area contributed by atoms with Gasteiger partial charge in [-0.05, 0) is 0 Å². The van der Waals surface area contributed by atoms with Gasteiger partial charge in [0.25, 0.3) is 0 Å². The topological polar surface area (TPSA) is 52.9 Å². The van der Waals surface area contributed by atoms with E-state index in [2.05, 4.69) is 4.90 Å². The first-order chi connectivity index (χ1) is 5.33. The standard InChI is InChI=1S/C7H15NO3/c9-6-7(10)5-8-1-3-11-4-2-8/h7,9-10H,1-6H2/t7-/m1/s1. The molecule has 4 nitrogen and oxygen atoms in total. The molecule has 0 saturated carbocycles. The number of hydrogen-bond donors (Lipinski definition) is 2. The van der Waals surface area contributed by atoms with Gasteiger partial charge in [-0.1, -0.05) is 0 Å². The van der Waals surface area contributed by atoms with Crippen LogP contribution in [-0.4, -0.2) is 60.7 Å². The quantitative estimate of drug-likeness (QED) is 0.538. The number of ether oxygens (including phenoxy) is 1. The van der Waals surface area contributed by atoms with E-state index < -0.39 is 6.10 Å². The van der Waals surface area contributed by atoms with Crippen LogP contribution in [0.1, 0.15) is 0 Å². The summed E-state index contributed by atoms with van der Waals surface area (Å²) in [5, 5.41) is 17.6. The summed E-state index contributed by atoms with van der Waals surface area (Å²) in [6.07, 6.45) is -0.604. The van der Waals surface area contributed by atoms with Gasteiger partial charge < -0.3 is 14.9 Å². The molecule has 0 aromatic carbocycles. The Balaban J connectivity index is 2.13. The van der Waals surface area contributed by atoms with Crippen molar-refractivity contribution in [2.24, 2.45) is 0 Å². The SMILES string of the molecule is OC[C@H](O)CN1CCOCC1. The zero-order valence-corrected chi connectivity index (χ0v) is 6.57. The highest BCUT2D eigenvalue weighted by molar-refractivity contribution is 4.65. The minimum atomic E-state index is -0.604. The van der Waals surface area contributed by atoms with E-state index in [1.54, 1.807) is 0 Å². The van der Waals surface area contributed by atoms with Gasteiger partial charge in [0.05, 0.1) is 25.9 Å². The molecule has 0 spiro atoms. The third kappa shape index (κ3) is 3.16. The molecule has 4 heteroatoms. The number of aliphatic hydroxyl groups is 2. The van der Waals surface area contributed by atoms with Crippen LogP contribution >= 0.6 is 0 Å². The van der Waals surface area contributed by atoms with Crippen LogP contribution in [0.5, 0.6) is 0 Å². The van der Waals surface area contributed by atoms with Crippen molar-refractivity contribution in [1.29, 1.82) is 0 Å². The summed E-state index contributed by atoms with van der Waals surface area (Å²) < 4.78 is 5.13. The summed E-state index contributed by atoms with van der Waals surface area (Å²) in [7, 11) is 0. The molecule has 1 fully saturated rings. The Kier molecular flexibility index (Phi) is 3.79. The molecular weight excluding hydrogens is 146 g/mol. The van der Waals surface area contributed by atoms with Crippen LogP contribution < -0.4 is 0 Å². The largest absolute Gasteiger partial charge is 0.394 e. The third-order valence-electron chi connectivity index (χ3n) is 1.78. The molecule has 0 aromatic rings. The smallest absolute Gasteiger partial charge is 0.0897 e. The van der Waals surface area contributed by atoms with E-state index in [-0.39, 0.29) is 6.61 Å². The Morgan fingerprint density at radius 3 is 2.55 bits per heavy atom. The van der Waals surface area contributed by atoms with Crippen LogP contribution in [0.25, 0.3) is 0 Å². The van der Waals surface area contributed by atoms with Crippen LogP contribution in [0.15, 0.2) is 0 Å². The van der Waals surface area contributed by atoms with E-state index in [1.165, 1.54) is 0 Å². The minimum absolute atomic E-state index is 0.155. The van der Waals surface area contributed by atoms with Crippen molar-refractivity contribution in [3.05, 3.63) is 0 Å². The van der Waals surface area contributed by atoms with Crippen molar-refractivity contribution in [2.45, 2.75) is 6.10 Å². The average Bonchev–Trinajstić information content (AvgIpc) is 2.06. The Hall–Kier alpha value is -0.160. The molecule has 1 aliphatic heterocycles. The van der Waals surface area contributed by atoms with Gasteiger partial charge in [-0.3, -0.25) is 4.90 Å². The van der Waals surface area contributed by atoms with Gasteiger partial charge in [0.2, 0.25) is 0 Å². The fourth-order valence-corrected chi connectivity index (χ4v) is 1.14. The summed E-state index contributed by atoms with van der Waals surface area (Å²) in [5.41, 5.74) is 0. The Morgan fingerprint density at radius 1 is 1.36 bits per heavy atom. The van der Waals surface area contributed by atoms with Gasteiger partial charge in [-0.15, -0.1) is 0 Å². The van der Waals surface area contributed by atoms with E-state index in [0.717, 1.165) is 26.3 Å². The van der Waals surface area contributed by atoms with E-state index in [0.29, 0.717) is 6.54 Å². The molecule has 0 aromatic heterocycles. The van der Waals surface area contributed by atoms with Crippen LogP contribution in [0.4, 0.5) is 0 Å². The lowest BCUT2D eigenvalue weighted by atomic mass is 10.3. The maximum absolute atomic E-state index is 9.08. The number of morpholine rings is 1. The maximum Gasteiger partial charge on any atom is 0.0897 e. The molecule has 1 rings (SSSR count). The number of aliphatic hydroxyl groups excluding tert-OH is 2. The molecule has 1 atom stereocenters. The molecule has 0 unspecified atom stereocenters. The van der Waals surface area contributed by atoms with E-state index in [1.807, 2.05) is 0 Å². The number of hydrogen-bond acceptors (Lipinski definition) is 4. The first kappa shape index (κ1) is 8.93. The first-order valence-corrected chi connectivity index (χ1v) is 3.92. The zero-order valence-electron chi connectivity index (χ0n) is 6.57. The molecule has 0 amide bonds. The lowest BCUT2D eigenvalue weighted by Crippen LogP contribution is -2.41. The summed E-state index contributed by atoms with van der Waals surface area (Å²) in [6.45, 7) is 3.58. The second kappa shape index (κ2) is 4.66. The molecule has 1 saturated heterocycles. The molecule has 1 heterocycles. The predicted octanol–water partition coefficient (Wildman–Crippen LogP) is -1.33. The van der Waals surface area contributed by atoms with E-state index in [9.17, 15) is 0 Å². The molecule has 66 valence electrons. The molecular formula is C7H15NO3. The zero-order chi connectivity index (χ0) is 8.10. The highest BCUT2D eigenvalue weighted by Crippen LogP contribution is 1.97. The van der Waals surface area contributed by atoms with Gasteiger partial charge >= 0.3 is 0 Å². The van der Waals surface area contributed by atoms with E-state index in [4.69, 9.17) is 14.9 Å². The third-order valence-corrected chi connectivity index (χ3v) is 1.78. The fourth-order valence-electron chi connectivity index (χ4n) is 1.14. The Morgan fingerprint density at radius 2 is 2.00 bits per heavy atom. The molecule has 11 heavy (non-hydrogen) atoms. The lowest BCUT2D eigenvalue weighted by molar-refractivity contribution is 0.00171. The van der Waals surface area contributed by atoms with Crippen molar-refractivity contribution < 1.29 is 14.9 Å². The summed E-state index contributed by atoms with van der Waals surface area (Å²) in [5.74, 6) is 0. The molecule has 0 bridgehead atoms. The van der Waals surface area contributed by atoms with Gasteiger partial charge in [0.15, 0.2) is 0 Å². The molecule has 2 N–H and O–H groups in total. The predicted molar refractivity (Wildman–Crippen MR) is 40.4 cm³/mol. The van der Waals surface area contributed by atoms with E-state index >= 15 is 0 Å². The van der Waals surface area contributed by atoms with Crippen molar-refractivity contribution in [1.82, 2.24) is 4.90 Å². The van der Waals surface area contributed by atoms with Crippen molar-refractivity contribution in [3.8, 4) is 0 Å². The highest BCUT2D eigenvalue weighted by atomic mass is 16.5. The fraction of sp³-hybridized carbons (Fsp3) is 1.00. The second-order valence-electron chi connectivity index (χ2n) is 2.75. The maximum atomic E-state index is 9.08. The number of rotatable bonds is 3. The average molecular weight is 161 g/mol. The van der Waals surface area contributed by atoms with Crippen molar-refractivity contribution >= 4 is 0 Å². The number of nitrogens with zero attached hydrogens (tertiary/aromatic N) is 1. The van der Waals surface area contributed by atoms with Gasteiger partial charge in [-0.25, -0.2) is 0 Å². The minimum Gasteiger partial charge on any atom is -0.394 e. The van der Waals surface area contributed by atoms with Crippen LogP contribution in [0, 0.1) is 0 Å². The Labute approximate surface area is 66.4 Å². The van der Waals surface area contributed by atoms with Gasteiger partial charge in [-0.2, -0.15) is 0 Å². The summed E-state index contributed by atoms with van der Waals surface area (Å²) >= 11 is 0. The number of β-amino-alcohol motifs (C(OH)–C–C–N with tert-alkyl or cyclic N) is 1. The summed E-state index contributed by atoms with van der Waals surface area (Å²) in [4.78, 5) is 2.09. The van der Waals surface area contributed by atoms with Crippen LogP contribution in [-0.2, 0) is 4.74 Å². The second-order valence-corrected chi connectivity index (χ2v) is 2.75. The summed E-state index contributed by atoms with van der Waals surface area (Å²) in [6, 6.07) is 0. The normalized spacial score (nSPS) is 23.5. The van der Waals surface area contributed by atoms with Crippen LogP contribution in [0.3, 0.4) is 0 Å². The monoisotopic (exact) mass is 161 g/mol. The van der Waals surface area contributed by atoms with Crippen LogP contribution in [0.2, 0.25) is 0 Å². The van der Waals surface area contributed by atoms with Gasteiger partial charge in [0, 0.05) is 19.6 Å². The highest BCUT2D eigenvalue weighted by Gasteiger charge is 2.13. The van der Waals surface area contributed by atoms with Crippen molar-refractivity contribution in [3.63, 3.8) is 0 Å². The molecule has 0 aliphatic carbocycles. The van der Waals surface area contributed by atoms with Crippen molar-refractivity contribution in [2.75, 3.05) is 39.5 Å².